The quantitative estimate of drug-likeness (QED) is 0.836. The van der Waals surface area contributed by atoms with Gasteiger partial charge < -0.3 is 15.0 Å². The van der Waals surface area contributed by atoms with Gasteiger partial charge in [-0.3, -0.25) is 4.79 Å². The molecular formula is C23H27FN2O2. The fourth-order valence-electron chi connectivity index (χ4n) is 4.16. The summed E-state index contributed by atoms with van der Waals surface area (Å²) in [6.07, 6.45) is 4.90. The molecule has 28 heavy (non-hydrogen) atoms. The number of halogens is 1. The molecule has 1 atom stereocenters. The number of rotatable bonds is 5. The Balaban J connectivity index is 1.54. The van der Waals surface area contributed by atoms with Gasteiger partial charge in [-0.2, -0.15) is 0 Å². The average molecular weight is 382 g/mol. The molecule has 0 aromatic heterocycles. The SMILES string of the molecule is Cc1ccc(CN2c3ccc(F)cc3OC[C@@H]2CC(=O)NC2CCCC2)cc1. The van der Waals surface area contributed by atoms with Gasteiger partial charge in [0, 0.05) is 18.7 Å². The van der Waals surface area contributed by atoms with Crippen molar-refractivity contribution in [3.05, 3.63) is 59.4 Å². The minimum atomic E-state index is -0.313. The van der Waals surface area contributed by atoms with E-state index in [0.29, 0.717) is 31.4 Å². The number of nitrogens with zero attached hydrogens (tertiary/aromatic N) is 1. The summed E-state index contributed by atoms with van der Waals surface area (Å²) in [5.74, 6) is 0.297. The van der Waals surface area contributed by atoms with Crippen molar-refractivity contribution in [3.63, 3.8) is 0 Å². The summed E-state index contributed by atoms with van der Waals surface area (Å²) >= 11 is 0. The molecule has 1 N–H and O–H groups in total. The fraction of sp³-hybridized carbons (Fsp3) is 0.435. The number of hydrogen-bond donors (Lipinski definition) is 1. The van der Waals surface area contributed by atoms with Crippen molar-refractivity contribution in [3.8, 4) is 5.75 Å². The van der Waals surface area contributed by atoms with Crippen LogP contribution in [-0.2, 0) is 11.3 Å². The molecule has 5 heteroatoms. The topological polar surface area (TPSA) is 41.6 Å². The zero-order chi connectivity index (χ0) is 19.5. The van der Waals surface area contributed by atoms with Crippen molar-refractivity contribution >= 4 is 11.6 Å². The Kier molecular flexibility index (Phi) is 5.51. The van der Waals surface area contributed by atoms with Gasteiger partial charge in [-0.15, -0.1) is 0 Å². The lowest BCUT2D eigenvalue weighted by Crippen LogP contribution is -2.46. The molecule has 2 aromatic rings. The third kappa shape index (κ3) is 4.29. The van der Waals surface area contributed by atoms with E-state index in [1.807, 2.05) is 0 Å². The Hall–Kier alpha value is -2.56. The van der Waals surface area contributed by atoms with Gasteiger partial charge in [0.05, 0.1) is 18.2 Å². The molecule has 4 nitrogen and oxygen atoms in total. The molecule has 1 aliphatic carbocycles. The van der Waals surface area contributed by atoms with Gasteiger partial charge in [0.2, 0.25) is 5.91 Å². The number of fused-ring (bicyclic) bond motifs is 1. The molecule has 0 radical (unpaired) electrons. The van der Waals surface area contributed by atoms with E-state index in [4.69, 9.17) is 4.74 Å². The number of hydrogen-bond acceptors (Lipinski definition) is 3. The number of benzene rings is 2. The van der Waals surface area contributed by atoms with Crippen molar-refractivity contribution in [2.75, 3.05) is 11.5 Å². The second kappa shape index (κ2) is 8.21. The third-order valence-electron chi connectivity index (χ3n) is 5.72. The number of anilines is 1. The van der Waals surface area contributed by atoms with Gasteiger partial charge in [-0.05, 0) is 37.5 Å². The summed E-state index contributed by atoms with van der Waals surface area (Å²) in [5, 5.41) is 3.17. The van der Waals surface area contributed by atoms with Crippen LogP contribution in [0.15, 0.2) is 42.5 Å². The maximum atomic E-state index is 13.7. The summed E-state index contributed by atoms with van der Waals surface area (Å²) in [4.78, 5) is 14.8. The molecule has 1 heterocycles. The van der Waals surface area contributed by atoms with Crippen LogP contribution in [0.3, 0.4) is 0 Å². The predicted molar refractivity (Wildman–Crippen MR) is 108 cm³/mol. The Bertz CT molecular complexity index is 831. The van der Waals surface area contributed by atoms with Gasteiger partial charge in [0.25, 0.3) is 0 Å². The predicted octanol–water partition coefficient (Wildman–Crippen LogP) is 4.35. The second-order valence-electron chi connectivity index (χ2n) is 7.94. The molecule has 2 aliphatic rings. The largest absolute Gasteiger partial charge is 0.489 e. The Morgan fingerprint density at radius 2 is 1.93 bits per heavy atom. The summed E-state index contributed by atoms with van der Waals surface area (Å²) < 4.78 is 19.5. The van der Waals surface area contributed by atoms with Gasteiger partial charge in [-0.1, -0.05) is 42.7 Å². The highest BCUT2D eigenvalue weighted by molar-refractivity contribution is 5.78. The average Bonchev–Trinajstić information content (AvgIpc) is 3.18. The maximum Gasteiger partial charge on any atom is 0.222 e. The smallest absolute Gasteiger partial charge is 0.222 e. The number of carbonyl (C=O) groups is 1. The van der Waals surface area contributed by atoms with Crippen LogP contribution < -0.4 is 15.0 Å². The summed E-state index contributed by atoms with van der Waals surface area (Å²) in [7, 11) is 0. The molecule has 0 unspecified atom stereocenters. The molecule has 0 spiro atoms. The Morgan fingerprint density at radius 1 is 1.18 bits per heavy atom. The highest BCUT2D eigenvalue weighted by Crippen LogP contribution is 2.36. The first-order valence-electron chi connectivity index (χ1n) is 10.1. The van der Waals surface area contributed by atoms with Crippen LogP contribution in [0.4, 0.5) is 10.1 Å². The molecule has 2 aromatic carbocycles. The fourth-order valence-corrected chi connectivity index (χ4v) is 4.16. The van der Waals surface area contributed by atoms with Gasteiger partial charge in [0.1, 0.15) is 18.2 Å². The molecule has 4 rings (SSSR count). The van der Waals surface area contributed by atoms with E-state index in [1.165, 1.54) is 30.5 Å². The molecule has 0 bridgehead atoms. The lowest BCUT2D eigenvalue weighted by atomic mass is 10.0. The van der Waals surface area contributed by atoms with Crippen LogP contribution in [0.2, 0.25) is 0 Å². The zero-order valence-electron chi connectivity index (χ0n) is 16.3. The van der Waals surface area contributed by atoms with E-state index in [9.17, 15) is 9.18 Å². The number of nitrogens with one attached hydrogen (secondary N) is 1. The van der Waals surface area contributed by atoms with E-state index < -0.39 is 0 Å². The standard InChI is InChI=1S/C23H27FN2O2/c1-16-6-8-17(9-7-16)14-26-20(13-23(27)25-19-4-2-3-5-19)15-28-22-12-18(24)10-11-21(22)26/h6-12,19-20H,2-5,13-15H2,1H3,(H,25,27)/t20-/m0/s1. The molecule has 1 fully saturated rings. The molecule has 1 saturated carbocycles. The molecule has 1 aliphatic heterocycles. The van der Waals surface area contributed by atoms with Crippen LogP contribution in [-0.4, -0.2) is 24.6 Å². The number of amides is 1. The highest BCUT2D eigenvalue weighted by atomic mass is 19.1. The summed E-state index contributed by atoms with van der Waals surface area (Å²) in [6, 6.07) is 13.2. The molecule has 148 valence electrons. The van der Waals surface area contributed by atoms with Crippen molar-refractivity contribution in [2.45, 2.75) is 57.7 Å². The molecular weight excluding hydrogens is 355 g/mol. The normalized spacial score (nSPS) is 19.2. The van der Waals surface area contributed by atoms with Crippen LogP contribution >= 0.6 is 0 Å². The van der Waals surface area contributed by atoms with E-state index in [1.54, 1.807) is 6.07 Å². The minimum absolute atomic E-state index is 0.0694. The van der Waals surface area contributed by atoms with E-state index in [-0.39, 0.29) is 17.8 Å². The number of carbonyl (C=O) groups excluding carboxylic acids is 1. The van der Waals surface area contributed by atoms with E-state index in [0.717, 1.165) is 24.1 Å². The Morgan fingerprint density at radius 3 is 2.68 bits per heavy atom. The molecule has 0 saturated heterocycles. The van der Waals surface area contributed by atoms with E-state index in [2.05, 4.69) is 41.4 Å². The minimum Gasteiger partial charge on any atom is -0.489 e. The second-order valence-corrected chi connectivity index (χ2v) is 7.94. The van der Waals surface area contributed by atoms with Gasteiger partial charge in [-0.25, -0.2) is 4.39 Å². The maximum absolute atomic E-state index is 13.7. The lowest BCUT2D eigenvalue weighted by molar-refractivity contribution is -0.122. The first kappa shape index (κ1) is 18.8. The van der Waals surface area contributed by atoms with Crippen LogP contribution in [0.25, 0.3) is 0 Å². The zero-order valence-corrected chi connectivity index (χ0v) is 16.3. The lowest BCUT2D eigenvalue weighted by Gasteiger charge is -2.38. The highest BCUT2D eigenvalue weighted by Gasteiger charge is 2.30. The number of ether oxygens (including phenoxy) is 1. The van der Waals surface area contributed by atoms with Crippen LogP contribution in [0.1, 0.15) is 43.2 Å². The summed E-state index contributed by atoms with van der Waals surface area (Å²) in [6.45, 7) is 3.09. The summed E-state index contributed by atoms with van der Waals surface area (Å²) in [5.41, 5.74) is 3.21. The first-order valence-corrected chi connectivity index (χ1v) is 10.1. The van der Waals surface area contributed by atoms with Crippen LogP contribution in [0, 0.1) is 12.7 Å². The van der Waals surface area contributed by atoms with Crippen LogP contribution in [0.5, 0.6) is 5.75 Å². The van der Waals surface area contributed by atoms with Crippen molar-refractivity contribution in [1.82, 2.24) is 5.32 Å². The molecule has 1 amide bonds. The first-order chi connectivity index (χ1) is 13.6. The van der Waals surface area contributed by atoms with Crippen molar-refractivity contribution in [2.24, 2.45) is 0 Å². The van der Waals surface area contributed by atoms with Crippen molar-refractivity contribution < 1.29 is 13.9 Å². The Labute approximate surface area is 165 Å². The van der Waals surface area contributed by atoms with Crippen molar-refractivity contribution in [1.29, 1.82) is 0 Å². The van der Waals surface area contributed by atoms with E-state index >= 15 is 0 Å². The van der Waals surface area contributed by atoms with Gasteiger partial charge >= 0.3 is 0 Å². The third-order valence-corrected chi connectivity index (χ3v) is 5.72. The van der Waals surface area contributed by atoms with Gasteiger partial charge in [0.15, 0.2) is 0 Å². The number of aryl methyl sites for hydroxylation is 1. The monoisotopic (exact) mass is 382 g/mol.